The SMILES string of the molecule is Cc1nc2cc(F)c(-c3ccc(C4(O)CCN(C)CC4)nc3)cc2n1Cc1ccccc1OC(F)F. The number of nitrogens with zero attached hydrogens (tertiary/aromatic N) is 4. The van der Waals surface area contributed by atoms with E-state index in [0.717, 1.165) is 13.1 Å². The van der Waals surface area contributed by atoms with Crippen LogP contribution in [-0.2, 0) is 12.1 Å². The molecule has 1 saturated heterocycles. The molecule has 3 heterocycles. The first-order chi connectivity index (χ1) is 17.2. The fraction of sp³-hybridized carbons (Fsp3) is 0.333. The molecule has 4 aromatic rings. The average Bonchev–Trinajstić information content (AvgIpc) is 3.15. The van der Waals surface area contributed by atoms with Crippen LogP contribution in [0.2, 0.25) is 0 Å². The highest BCUT2D eigenvalue weighted by molar-refractivity contribution is 5.83. The monoisotopic (exact) mass is 496 g/mol. The first kappa shape index (κ1) is 24.3. The highest BCUT2D eigenvalue weighted by Crippen LogP contribution is 2.34. The third kappa shape index (κ3) is 4.68. The summed E-state index contributed by atoms with van der Waals surface area (Å²) in [4.78, 5) is 11.1. The number of fused-ring (bicyclic) bond motifs is 1. The van der Waals surface area contributed by atoms with E-state index in [1.54, 1.807) is 49.5 Å². The van der Waals surface area contributed by atoms with Crippen LogP contribution in [0.15, 0.2) is 54.7 Å². The zero-order valence-electron chi connectivity index (χ0n) is 20.1. The highest BCUT2D eigenvalue weighted by Gasteiger charge is 2.34. The minimum Gasteiger partial charge on any atom is -0.434 e. The van der Waals surface area contributed by atoms with Crippen LogP contribution in [0.25, 0.3) is 22.2 Å². The molecule has 2 aromatic carbocycles. The Kier molecular flexibility index (Phi) is 6.44. The van der Waals surface area contributed by atoms with E-state index in [2.05, 4.69) is 19.6 Å². The summed E-state index contributed by atoms with van der Waals surface area (Å²) in [5.41, 5.74) is 2.19. The molecular weight excluding hydrogens is 469 g/mol. The standard InChI is InChI=1S/C27H27F3N4O2/c1-17-32-22-14-21(28)20(18-7-8-25(31-15-18)27(35)9-11-33(2)12-10-27)13-23(22)34(17)16-19-5-3-4-6-24(19)36-26(29)30/h3-8,13-15,26,35H,9-12,16H2,1-2H3. The largest absolute Gasteiger partial charge is 0.434 e. The van der Waals surface area contributed by atoms with E-state index < -0.39 is 18.0 Å². The predicted octanol–water partition coefficient (Wildman–Crippen LogP) is 5.11. The molecule has 1 fully saturated rings. The number of alkyl halides is 2. The normalized spacial score (nSPS) is 16.1. The van der Waals surface area contributed by atoms with Crippen molar-refractivity contribution in [2.45, 2.75) is 38.5 Å². The van der Waals surface area contributed by atoms with Gasteiger partial charge in [0, 0.05) is 42.0 Å². The summed E-state index contributed by atoms with van der Waals surface area (Å²) in [5, 5.41) is 11.0. The van der Waals surface area contributed by atoms with Crippen molar-refractivity contribution in [1.29, 1.82) is 0 Å². The lowest BCUT2D eigenvalue weighted by atomic mass is 9.87. The van der Waals surface area contributed by atoms with E-state index in [4.69, 9.17) is 0 Å². The number of likely N-dealkylation sites (tertiary alicyclic amines) is 1. The second kappa shape index (κ2) is 9.55. The Bertz CT molecular complexity index is 1380. The van der Waals surface area contributed by atoms with Crippen LogP contribution >= 0.6 is 0 Å². The van der Waals surface area contributed by atoms with Crippen LogP contribution in [0, 0.1) is 12.7 Å². The van der Waals surface area contributed by atoms with E-state index in [1.807, 2.05) is 11.6 Å². The number of rotatable bonds is 6. The van der Waals surface area contributed by atoms with Crippen molar-refractivity contribution in [2.75, 3.05) is 20.1 Å². The van der Waals surface area contributed by atoms with Gasteiger partial charge in [-0.2, -0.15) is 8.78 Å². The van der Waals surface area contributed by atoms with Gasteiger partial charge in [-0.1, -0.05) is 24.3 Å². The summed E-state index contributed by atoms with van der Waals surface area (Å²) in [5.74, 6) is 0.259. The lowest BCUT2D eigenvalue weighted by Crippen LogP contribution is -2.41. The number of benzene rings is 2. The van der Waals surface area contributed by atoms with Crippen molar-refractivity contribution < 1.29 is 23.0 Å². The van der Waals surface area contributed by atoms with Crippen molar-refractivity contribution >= 4 is 11.0 Å². The second-order valence-corrected chi connectivity index (χ2v) is 9.32. The molecule has 0 atom stereocenters. The Morgan fingerprint density at radius 1 is 1.11 bits per heavy atom. The number of hydrogen-bond acceptors (Lipinski definition) is 5. The van der Waals surface area contributed by atoms with Gasteiger partial charge in [0.1, 0.15) is 23.0 Å². The van der Waals surface area contributed by atoms with Gasteiger partial charge >= 0.3 is 6.61 Å². The number of para-hydroxylation sites is 1. The molecule has 1 aliphatic heterocycles. The molecule has 0 amide bonds. The van der Waals surface area contributed by atoms with Gasteiger partial charge in [0.05, 0.1) is 23.3 Å². The van der Waals surface area contributed by atoms with Gasteiger partial charge in [-0.15, -0.1) is 0 Å². The van der Waals surface area contributed by atoms with E-state index in [1.165, 1.54) is 12.1 Å². The zero-order valence-corrected chi connectivity index (χ0v) is 20.1. The number of aliphatic hydroxyl groups is 1. The van der Waals surface area contributed by atoms with Gasteiger partial charge in [0.2, 0.25) is 0 Å². The minimum atomic E-state index is -2.93. The summed E-state index contributed by atoms with van der Waals surface area (Å²) < 4.78 is 47.4. The van der Waals surface area contributed by atoms with Crippen LogP contribution in [-0.4, -0.2) is 51.3 Å². The summed E-state index contributed by atoms with van der Waals surface area (Å²) in [6, 6.07) is 13.2. The molecule has 0 saturated carbocycles. The van der Waals surface area contributed by atoms with Gasteiger partial charge in [-0.05, 0) is 45.0 Å². The van der Waals surface area contributed by atoms with Gasteiger partial charge < -0.3 is 19.3 Å². The number of aromatic nitrogens is 3. The minimum absolute atomic E-state index is 0.0858. The number of piperidine rings is 1. The number of hydrogen-bond donors (Lipinski definition) is 1. The smallest absolute Gasteiger partial charge is 0.387 e. The Balaban J connectivity index is 1.49. The quantitative estimate of drug-likeness (QED) is 0.402. The average molecular weight is 497 g/mol. The molecule has 1 aliphatic rings. The molecule has 0 spiro atoms. The Morgan fingerprint density at radius 3 is 2.56 bits per heavy atom. The van der Waals surface area contributed by atoms with Gasteiger partial charge in [-0.25, -0.2) is 9.37 Å². The Morgan fingerprint density at radius 2 is 1.86 bits per heavy atom. The number of pyridine rings is 1. The molecule has 0 radical (unpaired) electrons. The molecule has 5 rings (SSSR count). The summed E-state index contributed by atoms with van der Waals surface area (Å²) >= 11 is 0. The summed E-state index contributed by atoms with van der Waals surface area (Å²) in [6.45, 7) is 0.637. The number of aryl methyl sites for hydroxylation is 1. The van der Waals surface area contributed by atoms with Crippen LogP contribution in [0.5, 0.6) is 5.75 Å². The van der Waals surface area contributed by atoms with Crippen LogP contribution in [0.3, 0.4) is 0 Å². The third-order valence-electron chi connectivity index (χ3n) is 6.91. The molecule has 1 N–H and O–H groups in total. The molecule has 9 heteroatoms. The second-order valence-electron chi connectivity index (χ2n) is 9.32. The molecule has 0 bridgehead atoms. The maximum Gasteiger partial charge on any atom is 0.387 e. The number of imidazole rings is 1. The highest BCUT2D eigenvalue weighted by atomic mass is 19.3. The van der Waals surface area contributed by atoms with Crippen molar-refractivity contribution in [2.24, 2.45) is 0 Å². The molecule has 188 valence electrons. The third-order valence-corrected chi connectivity index (χ3v) is 6.91. The predicted molar refractivity (Wildman–Crippen MR) is 130 cm³/mol. The van der Waals surface area contributed by atoms with Crippen molar-refractivity contribution in [3.63, 3.8) is 0 Å². The Labute approximate surface area is 207 Å². The maximum atomic E-state index is 15.1. The molecule has 36 heavy (non-hydrogen) atoms. The molecule has 0 unspecified atom stereocenters. The van der Waals surface area contributed by atoms with Gasteiger partial charge in [0.15, 0.2) is 0 Å². The van der Waals surface area contributed by atoms with E-state index in [0.29, 0.717) is 52.1 Å². The Hall–Kier alpha value is -3.43. The fourth-order valence-corrected chi connectivity index (χ4v) is 4.78. The molecule has 2 aromatic heterocycles. The van der Waals surface area contributed by atoms with Gasteiger partial charge in [0.25, 0.3) is 0 Å². The number of halogens is 3. The lowest BCUT2D eigenvalue weighted by Gasteiger charge is -2.36. The topological polar surface area (TPSA) is 63.4 Å². The first-order valence-corrected chi connectivity index (χ1v) is 11.8. The lowest BCUT2D eigenvalue weighted by molar-refractivity contribution is -0.0504. The number of ether oxygens (including phenoxy) is 1. The van der Waals surface area contributed by atoms with E-state index in [9.17, 15) is 13.9 Å². The van der Waals surface area contributed by atoms with Crippen LogP contribution in [0.1, 0.15) is 29.9 Å². The molecule has 6 nitrogen and oxygen atoms in total. The van der Waals surface area contributed by atoms with Crippen molar-refractivity contribution in [3.05, 3.63) is 77.6 Å². The van der Waals surface area contributed by atoms with Crippen LogP contribution in [0.4, 0.5) is 13.2 Å². The zero-order chi connectivity index (χ0) is 25.4. The van der Waals surface area contributed by atoms with Crippen LogP contribution < -0.4 is 4.74 Å². The van der Waals surface area contributed by atoms with E-state index in [-0.39, 0.29) is 12.3 Å². The fourth-order valence-electron chi connectivity index (χ4n) is 4.78. The van der Waals surface area contributed by atoms with E-state index >= 15 is 4.39 Å². The van der Waals surface area contributed by atoms with Crippen molar-refractivity contribution in [3.8, 4) is 16.9 Å². The van der Waals surface area contributed by atoms with Gasteiger partial charge in [-0.3, -0.25) is 4.98 Å². The first-order valence-electron chi connectivity index (χ1n) is 11.8. The summed E-state index contributed by atoms with van der Waals surface area (Å²) in [6.07, 6.45) is 2.76. The molecule has 0 aliphatic carbocycles. The van der Waals surface area contributed by atoms with Crippen molar-refractivity contribution in [1.82, 2.24) is 19.4 Å². The summed E-state index contributed by atoms with van der Waals surface area (Å²) in [7, 11) is 2.02. The molecular formula is C27H27F3N4O2. The maximum absolute atomic E-state index is 15.1.